The lowest BCUT2D eigenvalue weighted by Crippen LogP contribution is -2.26. The van der Waals surface area contributed by atoms with E-state index in [0.717, 1.165) is 21.7 Å². The summed E-state index contributed by atoms with van der Waals surface area (Å²) in [4.78, 5) is 34.6. The fraction of sp³-hybridized carbons (Fsp3) is 0.0909. The lowest BCUT2D eigenvalue weighted by atomic mass is 10.1. The van der Waals surface area contributed by atoms with Crippen molar-refractivity contribution in [2.75, 3.05) is 0 Å². The first-order chi connectivity index (χ1) is 14.1. The smallest absolute Gasteiger partial charge is 0.253 e. The largest absolute Gasteiger partial charge is 0.348 e. The van der Waals surface area contributed by atoms with Gasteiger partial charge in [-0.15, -0.1) is 11.3 Å². The number of carbonyl (C=O) groups excluding carboxylic acids is 1. The number of rotatable bonds is 5. The normalized spacial score (nSPS) is 10.7. The number of carbonyl (C=O) groups is 1. The van der Waals surface area contributed by atoms with Crippen LogP contribution < -0.4 is 10.9 Å². The summed E-state index contributed by atoms with van der Waals surface area (Å²) in [6, 6.07) is 12.9. The van der Waals surface area contributed by atoms with Gasteiger partial charge in [0, 0.05) is 60.5 Å². The molecule has 0 unspecified atom stereocenters. The van der Waals surface area contributed by atoms with E-state index in [-0.39, 0.29) is 11.5 Å². The fourth-order valence-corrected chi connectivity index (χ4v) is 3.82. The number of nitrogens with zero attached hydrogens (tertiary/aromatic N) is 3. The molecule has 6 nitrogen and oxygen atoms in total. The molecule has 0 radical (unpaired) electrons. The van der Waals surface area contributed by atoms with Crippen LogP contribution >= 0.6 is 11.3 Å². The molecule has 0 saturated carbocycles. The zero-order valence-corrected chi connectivity index (χ0v) is 16.5. The monoisotopic (exact) mass is 402 g/mol. The van der Waals surface area contributed by atoms with Crippen molar-refractivity contribution in [2.45, 2.75) is 6.54 Å². The van der Waals surface area contributed by atoms with E-state index in [1.807, 2.05) is 41.8 Å². The molecular weight excluding hydrogens is 384 g/mol. The van der Waals surface area contributed by atoms with Crippen LogP contribution in [0, 0.1) is 0 Å². The molecule has 0 saturated heterocycles. The first-order valence-corrected chi connectivity index (χ1v) is 9.88. The van der Waals surface area contributed by atoms with Crippen molar-refractivity contribution >= 4 is 17.2 Å². The van der Waals surface area contributed by atoms with E-state index in [0.29, 0.717) is 17.7 Å². The Hall–Kier alpha value is -3.58. The summed E-state index contributed by atoms with van der Waals surface area (Å²) in [7, 11) is 1.64. The molecule has 4 aromatic rings. The van der Waals surface area contributed by atoms with Gasteiger partial charge in [0.2, 0.25) is 0 Å². The molecule has 4 heterocycles. The first-order valence-electron chi connectivity index (χ1n) is 9.00. The summed E-state index contributed by atoms with van der Waals surface area (Å²) in [5, 5.41) is 4.89. The van der Waals surface area contributed by atoms with E-state index in [4.69, 9.17) is 0 Å². The Morgan fingerprint density at radius 2 is 2.03 bits per heavy atom. The molecule has 0 spiro atoms. The lowest BCUT2D eigenvalue weighted by molar-refractivity contribution is 0.0951. The third-order valence-corrected chi connectivity index (χ3v) is 5.43. The van der Waals surface area contributed by atoms with Crippen molar-refractivity contribution in [1.82, 2.24) is 19.9 Å². The predicted molar refractivity (Wildman–Crippen MR) is 114 cm³/mol. The van der Waals surface area contributed by atoms with Crippen molar-refractivity contribution < 1.29 is 4.79 Å². The second kappa shape index (κ2) is 8.20. The Kier molecular flexibility index (Phi) is 5.31. The van der Waals surface area contributed by atoms with E-state index < -0.39 is 0 Å². The van der Waals surface area contributed by atoms with Crippen molar-refractivity contribution in [3.63, 3.8) is 0 Å². The van der Waals surface area contributed by atoms with Crippen LogP contribution in [0.15, 0.2) is 77.4 Å². The molecule has 1 N–H and O–H groups in total. The third-order valence-electron chi connectivity index (χ3n) is 4.53. The number of thiophene rings is 1. The maximum absolute atomic E-state index is 13.0. The van der Waals surface area contributed by atoms with E-state index in [1.165, 1.54) is 22.0 Å². The van der Waals surface area contributed by atoms with Gasteiger partial charge in [-0.2, -0.15) is 0 Å². The van der Waals surface area contributed by atoms with Gasteiger partial charge in [0.25, 0.3) is 11.5 Å². The van der Waals surface area contributed by atoms with Crippen molar-refractivity contribution in [3.8, 4) is 21.7 Å². The minimum atomic E-state index is -0.245. The Morgan fingerprint density at radius 1 is 1.17 bits per heavy atom. The highest BCUT2D eigenvalue weighted by atomic mass is 32.1. The third kappa shape index (κ3) is 4.00. The number of hydrogen-bond acceptors (Lipinski definition) is 5. The molecule has 0 fully saturated rings. The second-order valence-corrected chi connectivity index (χ2v) is 7.41. The van der Waals surface area contributed by atoms with Crippen LogP contribution in [0.2, 0.25) is 0 Å². The second-order valence-electron chi connectivity index (χ2n) is 6.46. The van der Waals surface area contributed by atoms with Gasteiger partial charge in [-0.3, -0.25) is 19.6 Å². The number of pyridine rings is 3. The number of aromatic nitrogens is 3. The number of amides is 1. The van der Waals surface area contributed by atoms with Gasteiger partial charge >= 0.3 is 0 Å². The highest BCUT2D eigenvalue weighted by Gasteiger charge is 2.16. The van der Waals surface area contributed by atoms with Crippen LogP contribution in [0.25, 0.3) is 21.7 Å². The van der Waals surface area contributed by atoms with Crippen LogP contribution in [-0.4, -0.2) is 20.4 Å². The number of nitrogens with one attached hydrogen (secondary N) is 1. The summed E-state index contributed by atoms with van der Waals surface area (Å²) in [5.74, 6) is -0.245. The van der Waals surface area contributed by atoms with Gasteiger partial charge in [-0.25, -0.2) is 0 Å². The Balaban J connectivity index is 1.63. The quantitative estimate of drug-likeness (QED) is 0.554. The molecule has 0 bridgehead atoms. The molecule has 0 atom stereocenters. The van der Waals surface area contributed by atoms with Gasteiger partial charge < -0.3 is 9.88 Å². The summed E-state index contributed by atoms with van der Waals surface area (Å²) in [6.45, 7) is 0.309. The van der Waals surface area contributed by atoms with Crippen LogP contribution in [-0.2, 0) is 13.6 Å². The Labute approximate surface area is 171 Å². The van der Waals surface area contributed by atoms with Gasteiger partial charge in [-0.05, 0) is 35.2 Å². The van der Waals surface area contributed by atoms with Crippen molar-refractivity contribution in [3.05, 3.63) is 94.1 Å². The van der Waals surface area contributed by atoms with Crippen LogP contribution in [0.3, 0.4) is 0 Å². The van der Waals surface area contributed by atoms with Crippen molar-refractivity contribution in [1.29, 1.82) is 0 Å². The molecule has 144 valence electrons. The number of aryl methyl sites for hydroxylation is 1. The Morgan fingerprint density at radius 3 is 2.79 bits per heavy atom. The maximum atomic E-state index is 13.0. The van der Waals surface area contributed by atoms with Gasteiger partial charge in [0.15, 0.2) is 0 Å². The summed E-state index contributed by atoms with van der Waals surface area (Å²) in [5.41, 5.74) is 3.49. The lowest BCUT2D eigenvalue weighted by Gasteiger charge is -2.12. The minimum Gasteiger partial charge on any atom is -0.348 e. The van der Waals surface area contributed by atoms with E-state index in [9.17, 15) is 9.59 Å². The van der Waals surface area contributed by atoms with Gasteiger partial charge in [0.1, 0.15) is 0 Å². The zero-order chi connectivity index (χ0) is 20.2. The minimum absolute atomic E-state index is 0.156. The molecule has 29 heavy (non-hydrogen) atoms. The summed E-state index contributed by atoms with van der Waals surface area (Å²) < 4.78 is 1.41. The highest BCUT2D eigenvalue weighted by Crippen LogP contribution is 2.27. The molecule has 1 amide bonds. The molecule has 4 aromatic heterocycles. The molecule has 0 aliphatic carbocycles. The van der Waals surface area contributed by atoms with E-state index in [1.54, 1.807) is 31.8 Å². The van der Waals surface area contributed by atoms with Crippen LogP contribution in [0.1, 0.15) is 15.9 Å². The zero-order valence-electron chi connectivity index (χ0n) is 15.7. The molecular formula is C22H18N4O2S. The van der Waals surface area contributed by atoms with Gasteiger partial charge in [0.05, 0.1) is 11.3 Å². The molecule has 0 aliphatic rings. The summed E-state index contributed by atoms with van der Waals surface area (Å²) >= 11 is 1.49. The van der Waals surface area contributed by atoms with E-state index >= 15 is 0 Å². The first kappa shape index (κ1) is 18.8. The molecule has 7 heteroatoms. The predicted octanol–water partition coefficient (Wildman–Crippen LogP) is 3.50. The van der Waals surface area contributed by atoms with Gasteiger partial charge in [-0.1, -0.05) is 12.1 Å². The topological polar surface area (TPSA) is 76.9 Å². The van der Waals surface area contributed by atoms with E-state index in [2.05, 4.69) is 15.3 Å². The molecule has 0 aliphatic heterocycles. The average Bonchev–Trinajstić information content (AvgIpc) is 3.29. The SMILES string of the molecule is Cn1cc(C(=O)NCc2cccnc2-c2cccnc2)c(-c2cccs2)cc1=O. The standard InChI is InChI=1S/C22H18N4O2S/c1-26-14-18(17(11-20(26)27)19-7-4-10-29-19)22(28)25-13-16-6-3-9-24-21(16)15-5-2-8-23-12-15/h2-12,14H,13H2,1H3,(H,25,28). The molecule has 0 aromatic carbocycles. The number of hydrogen-bond donors (Lipinski definition) is 1. The highest BCUT2D eigenvalue weighted by molar-refractivity contribution is 7.13. The summed E-state index contributed by atoms with van der Waals surface area (Å²) in [6.07, 6.45) is 6.75. The Bertz CT molecular complexity index is 1200. The maximum Gasteiger partial charge on any atom is 0.253 e. The van der Waals surface area contributed by atoms with Crippen molar-refractivity contribution in [2.24, 2.45) is 7.05 Å². The van der Waals surface area contributed by atoms with Crippen LogP contribution in [0.5, 0.6) is 0 Å². The molecule has 4 rings (SSSR count). The average molecular weight is 402 g/mol. The van der Waals surface area contributed by atoms with Crippen LogP contribution in [0.4, 0.5) is 0 Å². The fourth-order valence-electron chi connectivity index (χ4n) is 3.06.